The van der Waals surface area contributed by atoms with Crippen LogP contribution in [0.2, 0.25) is 10.0 Å². The lowest BCUT2D eigenvalue weighted by Crippen LogP contribution is -2.20. The molecule has 2 aromatic heterocycles. The number of halogens is 2. The van der Waals surface area contributed by atoms with E-state index >= 15 is 0 Å². The first-order valence-electron chi connectivity index (χ1n) is 6.08. The van der Waals surface area contributed by atoms with Gasteiger partial charge in [0.25, 0.3) is 0 Å². The van der Waals surface area contributed by atoms with Crippen LogP contribution in [0.1, 0.15) is 0 Å². The van der Waals surface area contributed by atoms with Crippen LogP contribution in [-0.2, 0) is 0 Å². The van der Waals surface area contributed by atoms with Crippen molar-refractivity contribution >= 4 is 46.4 Å². The number of fused-ring (bicyclic) bond motifs is 1. The number of anilines is 2. The van der Waals surface area contributed by atoms with Gasteiger partial charge in [-0.2, -0.15) is 0 Å². The van der Waals surface area contributed by atoms with Crippen molar-refractivity contribution in [2.75, 3.05) is 10.6 Å². The minimum absolute atomic E-state index is 0.376. The molecule has 2 amide bonds. The van der Waals surface area contributed by atoms with Crippen LogP contribution in [0, 0.1) is 0 Å². The van der Waals surface area contributed by atoms with Crippen LogP contribution in [0.5, 0.6) is 0 Å². The molecule has 2 heterocycles. The van der Waals surface area contributed by atoms with Crippen LogP contribution in [0.4, 0.5) is 16.4 Å². The summed E-state index contributed by atoms with van der Waals surface area (Å²) in [5.74, 6) is 0.433. The van der Waals surface area contributed by atoms with Gasteiger partial charge in [0.15, 0.2) is 0 Å². The van der Waals surface area contributed by atoms with Crippen molar-refractivity contribution < 1.29 is 4.79 Å². The van der Waals surface area contributed by atoms with Crippen molar-refractivity contribution in [2.45, 2.75) is 0 Å². The summed E-state index contributed by atoms with van der Waals surface area (Å²) in [5.41, 5.74) is 1.44. The molecule has 3 rings (SSSR count). The van der Waals surface area contributed by atoms with Crippen molar-refractivity contribution in [2.24, 2.45) is 0 Å². The second-order valence-corrected chi connectivity index (χ2v) is 5.10. The number of aromatic nitrogens is 2. The van der Waals surface area contributed by atoms with Gasteiger partial charge in [-0.15, -0.1) is 0 Å². The van der Waals surface area contributed by atoms with Crippen molar-refractivity contribution in [1.82, 2.24) is 9.38 Å². The maximum Gasteiger partial charge on any atom is 0.326 e. The molecule has 21 heavy (non-hydrogen) atoms. The zero-order valence-corrected chi connectivity index (χ0v) is 12.2. The van der Waals surface area contributed by atoms with Crippen LogP contribution in [-0.4, -0.2) is 15.4 Å². The first-order chi connectivity index (χ1) is 10.1. The number of carbonyl (C=O) groups is 1. The Bertz CT molecular complexity index is 816. The summed E-state index contributed by atoms with van der Waals surface area (Å²) in [4.78, 5) is 16.1. The molecule has 0 atom stereocenters. The zero-order chi connectivity index (χ0) is 14.8. The predicted octanol–water partition coefficient (Wildman–Crippen LogP) is 4.29. The molecule has 0 radical (unpaired) electrons. The van der Waals surface area contributed by atoms with E-state index in [-0.39, 0.29) is 0 Å². The molecule has 7 heteroatoms. The van der Waals surface area contributed by atoms with Gasteiger partial charge < -0.3 is 5.32 Å². The number of rotatable bonds is 2. The maximum atomic E-state index is 12.0. The van der Waals surface area contributed by atoms with E-state index in [2.05, 4.69) is 15.6 Å². The molecule has 5 nitrogen and oxygen atoms in total. The van der Waals surface area contributed by atoms with Crippen LogP contribution in [0.25, 0.3) is 5.52 Å². The van der Waals surface area contributed by atoms with Gasteiger partial charge in [0, 0.05) is 11.9 Å². The third-order valence-electron chi connectivity index (χ3n) is 2.84. The number of hydrogen-bond acceptors (Lipinski definition) is 2. The van der Waals surface area contributed by atoms with E-state index < -0.39 is 6.03 Å². The summed E-state index contributed by atoms with van der Waals surface area (Å²) in [5, 5.41) is 6.15. The Balaban J connectivity index is 1.75. The average Bonchev–Trinajstić information content (AvgIpc) is 2.86. The number of hydrogen-bond donors (Lipinski definition) is 2. The average molecular weight is 321 g/mol. The summed E-state index contributed by atoms with van der Waals surface area (Å²) in [6.45, 7) is 0. The number of pyridine rings is 1. The normalized spacial score (nSPS) is 10.6. The Morgan fingerprint density at radius 3 is 2.76 bits per heavy atom. The molecular formula is C14H10Cl2N4O. The Morgan fingerprint density at radius 1 is 1.10 bits per heavy atom. The second-order valence-electron chi connectivity index (χ2n) is 4.29. The van der Waals surface area contributed by atoms with Gasteiger partial charge in [-0.25, -0.2) is 9.78 Å². The van der Waals surface area contributed by atoms with E-state index in [0.29, 0.717) is 21.7 Å². The van der Waals surface area contributed by atoms with Gasteiger partial charge in [-0.1, -0.05) is 29.3 Å². The number of nitrogens with zero attached hydrogens (tertiary/aromatic N) is 2. The zero-order valence-electron chi connectivity index (χ0n) is 10.7. The Labute approximate surface area is 130 Å². The molecule has 0 aliphatic rings. The monoisotopic (exact) mass is 320 g/mol. The van der Waals surface area contributed by atoms with Crippen LogP contribution in [0.15, 0.2) is 48.8 Å². The van der Waals surface area contributed by atoms with Gasteiger partial charge in [0.05, 0.1) is 21.8 Å². The first kappa shape index (κ1) is 13.7. The lowest BCUT2D eigenvalue weighted by molar-refractivity contribution is 0.262. The van der Waals surface area contributed by atoms with E-state index in [4.69, 9.17) is 23.2 Å². The van der Waals surface area contributed by atoms with Crippen LogP contribution in [0.3, 0.4) is 0 Å². The van der Waals surface area contributed by atoms with Gasteiger partial charge in [0.1, 0.15) is 0 Å². The summed E-state index contributed by atoms with van der Waals surface area (Å²) in [6, 6.07) is 10.1. The Kier molecular flexibility index (Phi) is 3.68. The minimum atomic E-state index is -0.412. The molecule has 0 spiro atoms. The summed E-state index contributed by atoms with van der Waals surface area (Å²) < 4.78 is 1.77. The molecule has 0 unspecified atom stereocenters. The Hall–Kier alpha value is -2.24. The molecule has 106 valence electrons. The highest BCUT2D eigenvalue weighted by Crippen LogP contribution is 2.25. The second kappa shape index (κ2) is 5.63. The van der Waals surface area contributed by atoms with Crippen molar-refractivity contribution in [3.8, 4) is 0 Å². The van der Waals surface area contributed by atoms with Crippen LogP contribution >= 0.6 is 23.2 Å². The lowest BCUT2D eigenvalue weighted by atomic mass is 10.3. The first-order valence-corrected chi connectivity index (χ1v) is 6.84. The number of nitrogens with one attached hydrogen (secondary N) is 2. The van der Waals surface area contributed by atoms with Gasteiger partial charge >= 0.3 is 6.03 Å². The Morgan fingerprint density at radius 2 is 1.95 bits per heavy atom. The highest BCUT2D eigenvalue weighted by Gasteiger charge is 2.08. The smallest absolute Gasteiger partial charge is 0.308 e. The molecule has 0 saturated carbocycles. The van der Waals surface area contributed by atoms with Gasteiger partial charge in [-0.3, -0.25) is 9.72 Å². The number of amides is 2. The van der Waals surface area contributed by atoms with Crippen molar-refractivity contribution in [1.29, 1.82) is 0 Å². The molecule has 0 fully saturated rings. The topological polar surface area (TPSA) is 58.4 Å². The van der Waals surface area contributed by atoms with Gasteiger partial charge in [-0.05, 0) is 30.3 Å². The summed E-state index contributed by atoms with van der Waals surface area (Å²) >= 11 is 11.7. The van der Waals surface area contributed by atoms with E-state index in [1.165, 1.54) is 0 Å². The summed E-state index contributed by atoms with van der Waals surface area (Å²) in [7, 11) is 0. The number of carbonyl (C=O) groups excluding carboxylic acids is 1. The maximum absolute atomic E-state index is 12.0. The van der Waals surface area contributed by atoms with E-state index in [1.54, 1.807) is 28.8 Å². The molecule has 0 aliphatic carbocycles. The third kappa shape index (κ3) is 2.94. The molecule has 2 N–H and O–H groups in total. The van der Waals surface area contributed by atoms with Crippen molar-refractivity contribution in [3.05, 3.63) is 58.8 Å². The predicted molar refractivity (Wildman–Crippen MR) is 84.3 cm³/mol. The molecular weight excluding hydrogens is 311 g/mol. The fraction of sp³-hybridized carbons (Fsp3) is 0. The number of urea groups is 1. The highest BCUT2D eigenvalue weighted by atomic mass is 35.5. The fourth-order valence-electron chi connectivity index (χ4n) is 1.87. The SMILES string of the molecule is O=C(Nc1ccc(Cl)c(Cl)c1)Nc1ncc2ccccn12. The molecule has 3 aromatic rings. The highest BCUT2D eigenvalue weighted by molar-refractivity contribution is 6.42. The molecule has 0 saturated heterocycles. The molecule has 0 bridgehead atoms. The van der Waals surface area contributed by atoms with E-state index in [0.717, 1.165) is 5.52 Å². The van der Waals surface area contributed by atoms with E-state index in [9.17, 15) is 4.79 Å². The number of imidazole rings is 1. The quantitative estimate of drug-likeness (QED) is 0.740. The standard InChI is InChI=1S/C14H10Cl2N4O/c15-11-5-4-9(7-12(11)16)18-14(21)19-13-17-8-10-3-1-2-6-20(10)13/h1-8H,(H2,17,18,19,21). The van der Waals surface area contributed by atoms with Gasteiger partial charge in [0.2, 0.25) is 5.95 Å². The third-order valence-corrected chi connectivity index (χ3v) is 3.58. The van der Waals surface area contributed by atoms with E-state index in [1.807, 2.05) is 24.4 Å². The summed E-state index contributed by atoms with van der Waals surface area (Å²) in [6.07, 6.45) is 3.49. The number of benzene rings is 1. The van der Waals surface area contributed by atoms with Crippen molar-refractivity contribution in [3.63, 3.8) is 0 Å². The lowest BCUT2D eigenvalue weighted by Gasteiger charge is -2.07. The minimum Gasteiger partial charge on any atom is -0.308 e. The fourth-order valence-corrected chi connectivity index (χ4v) is 2.17. The molecule has 0 aliphatic heterocycles. The molecule has 1 aromatic carbocycles. The van der Waals surface area contributed by atoms with Crippen LogP contribution < -0.4 is 10.6 Å². The largest absolute Gasteiger partial charge is 0.326 e.